The summed E-state index contributed by atoms with van der Waals surface area (Å²) in [5, 5.41) is 2.94. The van der Waals surface area contributed by atoms with Crippen LogP contribution in [0.1, 0.15) is 42.2 Å². The van der Waals surface area contributed by atoms with Gasteiger partial charge in [-0.3, -0.25) is 4.79 Å². The Morgan fingerprint density at radius 1 is 1.19 bits per heavy atom. The van der Waals surface area contributed by atoms with Crippen LogP contribution < -0.4 is 5.32 Å². The number of hydrogen-bond donors (Lipinski definition) is 1. The molecule has 0 unspecified atom stereocenters. The molecule has 0 bridgehead atoms. The van der Waals surface area contributed by atoms with Gasteiger partial charge in [-0.25, -0.2) is 4.39 Å². The predicted molar refractivity (Wildman–Crippen MR) is 81.8 cm³/mol. The number of rotatable bonds is 7. The fraction of sp³-hybridized carbons (Fsp3) is 0.353. The molecule has 0 radical (unpaired) electrons. The molecule has 1 aromatic carbocycles. The Hall–Kier alpha value is -2.10. The zero-order chi connectivity index (χ0) is 15.1. The molecule has 1 heterocycles. The van der Waals surface area contributed by atoms with Crippen molar-refractivity contribution in [3.8, 4) is 0 Å². The van der Waals surface area contributed by atoms with E-state index in [0.717, 1.165) is 24.8 Å². The summed E-state index contributed by atoms with van der Waals surface area (Å²) in [6.07, 6.45) is 5.12. The molecule has 0 saturated carbocycles. The third-order valence-corrected chi connectivity index (χ3v) is 3.39. The zero-order valence-corrected chi connectivity index (χ0v) is 12.3. The van der Waals surface area contributed by atoms with Crippen LogP contribution in [0.5, 0.6) is 0 Å². The summed E-state index contributed by atoms with van der Waals surface area (Å²) in [5.74, 6) is -0.307. The summed E-state index contributed by atoms with van der Waals surface area (Å²) in [6.45, 7) is 3.40. The summed E-state index contributed by atoms with van der Waals surface area (Å²) < 4.78 is 14.8. The molecular formula is C17H21FN2O. The minimum atomic E-state index is -0.250. The van der Waals surface area contributed by atoms with Crippen LogP contribution in [0, 0.1) is 5.82 Å². The van der Waals surface area contributed by atoms with E-state index < -0.39 is 0 Å². The quantitative estimate of drug-likeness (QED) is 0.776. The van der Waals surface area contributed by atoms with Crippen LogP contribution in [0.3, 0.4) is 0 Å². The number of benzene rings is 1. The predicted octanol–water partition coefficient (Wildman–Crippen LogP) is 3.60. The van der Waals surface area contributed by atoms with Crippen LogP contribution in [0.4, 0.5) is 4.39 Å². The minimum absolute atomic E-state index is 0.0572. The van der Waals surface area contributed by atoms with Gasteiger partial charge >= 0.3 is 0 Å². The fourth-order valence-electron chi connectivity index (χ4n) is 2.21. The van der Waals surface area contributed by atoms with E-state index in [1.165, 1.54) is 12.1 Å². The molecule has 21 heavy (non-hydrogen) atoms. The number of halogens is 1. The number of amides is 1. The number of carbonyl (C=O) groups excluding carboxylic acids is 1. The van der Waals surface area contributed by atoms with Crippen LogP contribution in [-0.2, 0) is 6.54 Å². The van der Waals surface area contributed by atoms with Crippen molar-refractivity contribution in [3.05, 3.63) is 59.7 Å². The second kappa shape index (κ2) is 7.62. The lowest BCUT2D eigenvalue weighted by atomic mass is 10.2. The van der Waals surface area contributed by atoms with Crippen molar-refractivity contribution in [2.45, 2.75) is 32.7 Å². The van der Waals surface area contributed by atoms with Crippen molar-refractivity contribution in [2.24, 2.45) is 0 Å². The highest BCUT2D eigenvalue weighted by atomic mass is 19.1. The van der Waals surface area contributed by atoms with E-state index in [9.17, 15) is 9.18 Å². The molecule has 2 rings (SSSR count). The van der Waals surface area contributed by atoms with Gasteiger partial charge in [0.05, 0.1) is 0 Å². The number of nitrogens with zero attached hydrogens (tertiary/aromatic N) is 1. The topological polar surface area (TPSA) is 34.0 Å². The normalized spacial score (nSPS) is 10.6. The summed E-state index contributed by atoms with van der Waals surface area (Å²) in [7, 11) is 0. The van der Waals surface area contributed by atoms with Gasteiger partial charge in [-0.05, 0) is 36.2 Å². The average molecular weight is 288 g/mol. The van der Waals surface area contributed by atoms with E-state index in [2.05, 4.69) is 12.2 Å². The van der Waals surface area contributed by atoms with E-state index in [0.29, 0.717) is 18.8 Å². The Bertz CT molecular complexity index is 575. The van der Waals surface area contributed by atoms with Gasteiger partial charge < -0.3 is 9.88 Å². The van der Waals surface area contributed by atoms with Gasteiger partial charge in [0.15, 0.2) is 0 Å². The molecule has 112 valence electrons. The first kappa shape index (κ1) is 15.3. The highest BCUT2D eigenvalue weighted by Crippen LogP contribution is 2.09. The molecule has 0 aliphatic carbocycles. The third kappa shape index (κ3) is 4.45. The molecule has 3 nitrogen and oxygen atoms in total. The summed E-state index contributed by atoms with van der Waals surface area (Å²) in [4.78, 5) is 12.1. The van der Waals surface area contributed by atoms with E-state index in [1.807, 2.05) is 16.8 Å². The molecule has 1 N–H and O–H groups in total. The number of aromatic nitrogens is 1. The van der Waals surface area contributed by atoms with E-state index >= 15 is 0 Å². The maximum atomic E-state index is 12.9. The number of nitrogens with one attached hydrogen (secondary N) is 1. The fourth-order valence-corrected chi connectivity index (χ4v) is 2.21. The summed E-state index contributed by atoms with van der Waals surface area (Å²) in [5.41, 5.74) is 1.60. The molecule has 1 amide bonds. The smallest absolute Gasteiger partial charge is 0.267 e. The number of unbranched alkanes of at least 4 members (excludes halogenated alkanes) is 2. The Labute approximate surface area is 124 Å². The van der Waals surface area contributed by atoms with Gasteiger partial charge in [0.2, 0.25) is 0 Å². The van der Waals surface area contributed by atoms with Crippen molar-refractivity contribution >= 4 is 5.91 Å². The zero-order valence-electron chi connectivity index (χ0n) is 12.3. The van der Waals surface area contributed by atoms with Crippen molar-refractivity contribution in [2.75, 3.05) is 6.54 Å². The van der Waals surface area contributed by atoms with Crippen LogP contribution in [0.2, 0.25) is 0 Å². The lowest BCUT2D eigenvalue weighted by Crippen LogP contribution is -2.26. The van der Waals surface area contributed by atoms with Gasteiger partial charge in [0.1, 0.15) is 11.5 Å². The van der Waals surface area contributed by atoms with Crippen LogP contribution in [0.15, 0.2) is 42.6 Å². The van der Waals surface area contributed by atoms with Crippen molar-refractivity contribution in [1.82, 2.24) is 9.88 Å². The van der Waals surface area contributed by atoms with Crippen molar-refractivity contribution in [1.29, 1.82) is 0 Å². The van der Waals surface area contributed by atoms with Gasteiger partial charge in [-0.15, -0.1) is 0 Å². The maximum absolute atomic E-state index is 12.9. The van der Waals surface area contributed by atoms with E-state index in [-0.39, 0.29) is 11.7 Å². The molecule has 0 spiro atoms. The molecule has 1 aromatic heterocycles. The lowest BCUT2D eigenvalue weighted by molar-refractivity contribution is 0.0944. The second-order valence-electron chi connectivity index (χ2n) is 5.11. The second-order valence-corrected chi connectivity index (χ2v) is 5.11. The monoisotopic (exact) mass is 288 g/mol. The van der Waals surface area contributed by atoms with E-state index in [4.69, 9.17) is 0 Å². The molecule has 2 aromatic rings. The Kier molecular flexibility index (Phi) is 5.55. The standard InChI is InChI=1S/C17H21FN2O/c1-2-3-4-11-19-17(21)16-6-5-12-20(16)13-14-7-9-15(18)10-8-14/h5-10,12H,2-4,11,13H2,1H3,(H,19,21). The molecular weight excluding hydrogens is 267 g/mol. The van der Waals surface area contributed by atoms with Gasteiger partial charge in [-0.1, -0.05) is 31.9 Å². The van der Waals surface area contributed by atoms with Crippen LogP contribution in [-0.4, -0.2) is 17.0 Å². The van der Waals surface area contributed by atoms with E-state index in [1.54, 1.807) is 18.2 Å². The molecule has 4 heteroatoms. The SMILES string of the molecule is CCCCCNC(=O)c1cccn1Cc1ccc(F)cc1. The number of carbonyl (C=O) groups is 1. The Morgan fingerprint density at radius 3 is 2.67 bits per heavy atom. The van der Waals surface area contributed by atoms with Crippen molar-refractivity contribution < 1.29 is 9.18 Å². The van der Waals surface area contributed by atoms with Crippen LogP contribution in [0.25, 0.3) is 0 Å². The Balaban J connectivity index is 1.97. The summed E-state index contributed by atoms with van der Waals surface area (Å²) >= 11 is 0. The third-order valence-electron chi connectivity index (χ3n) is 3.39. The first-order valence-corrected chi connectivity index (χ1v) is 7.38. The lowest BCUT2D eigenvalue weighted by Gasteiger charge is -2.10. The van der Waals surface area contributed by atoms with Gasteiger partial charge in [0, 0.05) is 19.3 Å². The maximum Gasteiger partial charge on any atom is 0.267 e. The van der Waals surface area contributed by atoms with Crippen molar-refractivity contribution in [3.63, 3.8) is 0 Å². The largest absolute Gasteiger partial charge is 0.351 e. The van der Waals surface area contributed by atoms with Gasteiger partial charge in [0.25, 0.3) is 5.91 Å². The molecule has 0 aliphatic rings. The summed E-state index contributed by atoms with van der Waals surface area (Å²) in [6, 6.07) is 9.99. The molecule has 0 fully saturated rings. The average Bonchev–Trinajstić information content (AvgIpc) is 2.94. The molecule has 0 aliphatic heterocycles. The molecule has 0 atom stereocenters. The van der Waals surface area contributed by atoms with Gasteiger partial charge in [-0.2, -0.15) is 0 Å². The molecule has 0 saturated heterocycles. The highest BCUT2D eigenvalue weighted by Gasteiger charge is 2.10. The Morgan fingerprint density at radius 2 is 1.95 bits per heavy atom. The first-order valence-electron chi connectivity index (χ1n) is 7.38. The highest BCUT2D eigenvalue weighted by molar-refractivity contribution is 5.92. The number of hydrogen-bond acceptors (Lipinski definition) is 1. The first-order chi connectivity index (χ1) is 10.2. The minimum Gasteiger partial charge on any atom is -0.351 e. The van der Waals surface area contributed by atoms with Crippen LogP contribution >= 0.6 is 0 Å².